The highest BCUT2D eigenvalue weighted by atomic mass is 35.5. The van der Waals surface area contributed by atoms with E-state index in [1.807, 2.05) is 18.2 Å². The van der Waals surface area contributed by atoms with E-state index in [2.05, 4.69) is 30.2 Å². The third kappa shape index (κ3) is 6.79. The summed E-state index contributed by atoms with van der Waals surface area (Å²) in [4.78, 5) is 11.0. The largest absolute Gasteiger partial charge is 0.494 e. The predicted molar refractivity (Wildman–Crippen MR) is 143 cm³/mol. The van der Waals surface area contributed by atoms with Gasteiger partial charge in [0.05, 0.1) is 44.5 Å². The highest BCUT2D eigenvalue weighted by Crippen LogP contribution is 2.33. The number of ether oxygens (including phenoxy) is 3. The molecule has 0 amide bonds. The van der Waals surface area contributed by atoms with Crippen molar-refractivity contribution in [2.45, 2.75) is 4.90 Å². The van der Waals surface area contributed by atoms with Crippen molar-refractivity contribution in [3.05, 3.63) is 53.7 Å². The van der Waals surface area contributed by atoms with Crippen molar-refractivity contribution in [1.82, 2.24) is 14.7 Å². The number of nitrogens with one attached hydrogen (secondary N) is 3. The topological polar surface area (TPSA) is 127 Å². The highest BCUT2D eigenvalue weighted by molar-refractivity contribution is 7.89. The number of para-hydroxylation sites is 1. The van der Waals surface area contributed by atoms with E-state index in [4.69, 9.17) is 25.8 Å². The van der Waals surface area contributed by atoms with Crippen LogP contribution in [0.15, 0.2) is 53.6 Å². The third-order valence-electron chi connectivity index (χ3n) is 5.58. The van der Waals surface area contributed by atoms with Gasteiger partial charge in [0.15, 0.2) is 5.82 Å². The maximum absolute atomic E-state index is 12.8. The van der Waals surface area contributed by atoms with Gasteiger partial charge in [0.25, 0.3) is 0 Å². The Hall–Kier alpha value is -3.16. The molecule has 2 heterocycles. The number of methoxy groups -OCH3 is 2. The molecule has 2 aromatic carbocycles. The van der Waals surface area contributed by atoms with Crippen LogP contribution in [-0.4, -0.2) is 72.1 Å². The zero-order valence-electron chi connectivity index (χ0n) is 20.5. The molecule has 0 radical (unpaired) electrons. The van der Waals surface area contributed by atoms with Crippen molar-refractivity contribution in [3.63, 3.8) is 0 Å². The van der Waals surface area contributed by atoms with E-state index in [-0.39, 0.29) is 34.8 Å². The summed E-state index contributed by atoms with van der Waals surface area (Å²) in [7, 11) is -0.705. The Kier molecular flexibility index (Phi) is 9.00. The number of benzene rings is 2. The molecule has 0 bridgehead atoms. The smallest absolute Gasteiger partial charge is 0.242 e. The first-order valence-corrected chi connectivity index (χ1v) is 13.4. The van der Waals surface area contributed by atoms with E-state index in [0.717, 1.165) is 18.8 Å². The summed E-state index contributed by atoms with van der Waals surface area (Å²) in [6.45, 7) is 3.38. The second-order valence-corrected chi connectivity index (χ2v) is 10.2. The molecular formula is C24H29ClN6O5S. The van der Waals surface area contributed by atoms with Crippen molar-refractivity contribution < 1.29 is 22.6 Å². The first kappa shape index (κ1) is 26.9. The second kappa shape index (κ2) is 12.4. The number of hydrogen-bond donors (Lipinski definition) is 3. The Labute approximate surface area is 221 Å². The fourth-order valence-corrected chi connectivity index (χ4v) is 5.04. The molecule has 1 aliphatic heterocycles. The Morgan fingerprint density at radius 1 is 1.08 bits per heavy atom. The molecule has 0 unspecified atom stereocenters. The molecule has 13 heteroatoms. The second-order valence-electron chi connectivity index (χ2n) is 8.01. The molecule has 11 nitrogen and oxygen atoms in total. The van der Waals surface area contributed by atoms with Crippen LogP contribution in [0, 0.1) is 0 Å². The van der Waals surface area contributed by atoms with Crippen LogP contribution >= 0.6 is 11.6 Å². The van der Waals surface area contributed by atoms with Gasteiger partial charge in [-0.15, -0.1) is 0 Å². The lowest BCUT2D eigenvalue weighted by atomic mass is 10.2. The molecule has 0 aliphatic carbocycles. The van der Waals surface area contributed by atoms with Gasteiger partial charge in [0.1, 0.15) is 15.7 Å². The number of nitrogens with zero attached hydrogens (tertiary/aromatic N) is 3. The molecule has 1 saturated heterocycles. The first-order chi connectivity index (χ1) is 17.9. The SMILES string of the molecule is COCCNS(=O)(=O)c1ccccc1Nc1nc(Nc2ccc(N3CCOCC3)cc2OC)ncc1Cl. The maximum Gasteiger partial charge on any atom is 0.242 e. The molecule has 4 rings (SSSR count). The van der Waals surface area contributed by atoms with Crippen LogP contribution < -0.4 is 25.0 Å². The van der Waals surface area contributed by atoms with E-state index in [9.17, 15) is 8.42 Å². The van der Waals surface area contributed by atoms with Crippen molar-refractivity contribution in [2.75, 3.05) is 69.2 Å². The number of rotatable bonds is 11. The number of hydrogen-bond acceptors (Lipinski definition) is 10. The lowest BCUT2D eigenvalue weighted by Crippen LogP contribution is -2.36. The van der Waals surface area contributed by atoms with Crippen LogP contribution in [0.1, 0.15) is 0 Å². The molecule has 37 heavy (non-hydrogen) atoms. The molecule has 0 atom stereocenters. The minimum Gasteiger partial charge on any atom is -0.494 e. The van der Waals surface area contributed by atoms with Crippen molar-refractivity contribution >= 4 is 50.5 Å². The molecule has 0 spiro atoms. The minimum atomic E-state index is -3.80. The molecule has 3 N–H and O–H groups in total. The Morgan fingerprint density at radius 3 is 2.62 bits per heavy atom. The van der Waals surface area contributed by atoms with Gasteiger partial charge < -0.3 is 29.7 Å². The third-order valence-corrected chi connectivity index (χ3v) is 7.38. The van der Waals surface area contributed by atoms with Gasteiger partial charge in [-0.2, -0.15) is 4.98 Å². The van der Waals surface area contributed by atoms with E-state index in [1.165, 1.54) is 19.4 Å². The number of morpholine rings is 1. The van der Waals surface area contributed by atoms with Gasteiger partial charge in [-0.3, -0.25) is 0 Å². The fourth-order valence-electron chi connectivity index (χ4n) is 3.72. The van der Waals surface area contributed by atoms with E-state index in [1.54, 1.807) is 25.3 Å². The van der Waals surface area contributed by atoms with Crippen molar-refractivity contribution in [3.8, 4) is 5.75 Å². The summed E-state index contributed by atoms with van der Waals surface area (Å²) in [6, 6.07) is 12.3. The standard InChI is InChI=1S/C24H29ClN6O5S/c1-34-12-9-27-37(32,33)22-6-4-3-5-20(22)28-23-18(25)16-26-24(30-23)29-19-8-7-17(15-21(19)35-2)31-10-13-36-14-11-31/h3-8,15-16,27H,9-14H2,1-2H3,(H2,26,28,29,30). The zero-order valence-corrected chi connectivity index (χ0v) is 22.1. The van der Waals surface area contributed by atoms with E-state index in [0.29, 0.717) is 30.3 Å². The van der Waals surface area contributed by atoms with Gasteiger partial charge >= 0.3 is 0 Å². The number of sulfonamides is 1. The molecular weight excluding hydrogens is 520 g/mol. The van der Waals surface area contributed by atoms with Crippen molar-refractivity contribution in [1.29, 1.82) is 0 Å². The minimum absolute atomic E-state index is 0.0515. The maximum atomic E-state index is 12.8. The number of anilines is 5. The van der Waals surface area contributed by atoms with Gasteiger partial charge in [-0.1, -0.05) is 23.7 Å². The summed E-state index contributed by atoms with van der Waals surface area (Å²) >= 11 is 6.35. The van der Waals surface area contributed by atoms with Crippen LogP contribution in [0.25, 0.3) is 0 Å². The predicted octanol–water partition coefficient (Wildman–Crippen LogP) is 3.39. The van der Waals surface area contributed by atoms with Crippen LogP contribution in [0.4, 0.5) is 28.8 Å². The molecule has 3 aromatic rings. The van der Waals surface area contributed by atoms with E-state index < -0.39 is 10.0 Å². The molecule has 1 aromatic heterocycles. The average molecular weight is 549 g/mol. The lowest BCUT2D eigenvalue weighted by Gasteiger charge is -2.29. The Bertz CT molecular complexity index is 1320. The number of aromatic nitrogens is 2. The normalized spacial score (nSPS) is 13.9. The monoisotopic (exact) mass is 548 g/mol. The average Bonchev–Trinajstić information content (AvgIpc) is 2.91. The summed E-state index contributed by atoms with van der Waals surface area (Å²) in [5.41, 5.74) is 2.01. The van der Waals surface area contributed by atoms with E-state index >= 15 is 0 Å². The Balaban J connectivity index is 1.55. The fraction of sp³-hybridized carbons (Fsp3) is 0.333. The van der Waals surface area contributed by atoms with Crippen LogP contribution in [-0.2, 0) is 19.5 Å². The molecule has 1 fully saturated rings. The Morgan fingerprint density at radius 2 is 1.86 bits per heavy atom. The summed E-state index contributed by atoms with van der Waals surface area (Å²) in [5.74, 6) is 1.11. The summed E-state index contributed by atoms with van der Waals surface area (Å²) in [6.07, 6.45) is 1.43. The number of halogens is 1. The van der Waals surface area contributed by atoms with Crippen LogP contribution in [0.3, 0.4) is 0 Å². The van der Waals surface area contributed by atoms with Gasteiger partial charge in [-0.25, -0.2) is 18.1 Å². The first-order valence-electron chi connectivity index (χ1n) is 11.6. The molecule has 198 valence electrons. The van der Waals surface area contributed by atoms with Crippen LogP contribution in [0.2, 0.25) is 5.02 Å². The summed E-state index contributed by atoms with van der Waals surface area (Å²) < 4.78 is 44.1. The van der Waals surface area contributed by atoms with Gasteiger partial charge in [0.2, 0.25) is 16.0 Å². The summed E-state index contributed by atoms with van der Waals surface area (Å²) in [5, 5.41) is 6.40. The molecule has 0 saturated carbocycles. The zero-order chi connectivity index (χ0) is 26.3. The van der Waals surface area contributed by atoms with Gasteiger partial charge in [-0.05, 0) is 24.3 Å². The quantitative estimate of drug-likeness (QED) is 0.307. The lowest BCUT2D eigenvalue weighted by molar-refractivity contribution is 0.122. The van der Waals surface area contributed by atoms with Crippen LogP contribution in [0.5, 0.6) is 5.75 Å². The van der Waals surface area contributed by atoms with Gasteiger partial charge in [0, 0.05) is 38.5 Å². The van der Waals surface area contributed by atoms with Crippen molar-refractivity contribution in [2.24, 2.45) is 0 Å². The highest BCUT2D eigenvalue weighted by Gasteiger charge is 2.19. The molecule has 1 aliphatic rings.